The van der Waals surface area contributed by atoms with E-state index in [1.54, 1.807) is 18.3 Å². The number of nitrogens with one attached hydrogen (secondary N) is 1. The van der Waals surface area contributed by atoms with Gasteiger partial charge in [0.25, 0.3) is 0 Å². The summed E-state index contributed by atoms with van der Waals surface area (Å²) in [4.78, 5) is 6.40. The maximum Gasteiger partial charge on any atom is 0.165 e. The molecule has 0 spiro atoms. The minimum absolute atomic E-state index is 0.158. The van der Waals surface area contributed by atoms with Crippen LogP contribution in [-0.2, 0) is 17.7 Å². The zero-order valence-corrected chi connectivity index (χ0v) is 14.7. The minimum Gasteiger partial charge on any atom is -0.755 e. The van der Waals surface area contributed by atoms with Crippen molar-refractivity contribution in [2.24, 2.45) is 0 Å². The van der Waals surface area contributed by atoms with Gasteiger partial charge in [0, 0.05) is 46.8 Å². The largest absolute Gasteiger partial charge is 0.755 e. The predicted octanol–water partition coefficient (Wildman–Crippen LogP) is 3.28. The fourth-order valence-corrected chi connectivity index (χ4v) is 3.66. The van der Waals surface area contributed by atoms with E-state index < -0.39 is 17.1 Å². The summed E-state index contributed by atoms with van der Waals surface area (Å²) in [5.74, 6) is -0.281. The minimum atomic E-state index is -2.36. The van der Waals surface area contributed by atoms with Gasteiger partial charge in [-0.15, -0.1) is 0 Å². The average molecular weight is 372 g/mol. The number of nitrogens with zero attached hydrogens (tertiary/aromatic N) is 2. The molecule has 2 aromatic carbocycles. The maximum absolute atomic E-state index is 14.2. The number of hydrogen-bond donors (Lipinski definition) is 1. The molecule has 3 aromatic rings. The molecule has 6 nitrogen and oxygen atoms in total. The lowest BCUT2D eigenvalue weighted by atomic mass is 10.1. The molecule has 0 amide bonds. The van der Waals surface area contributed by atoms with Crippen LogP contribution >= 0.6 is 0 Å². The van der Waals surface area contributed by atoms with Crippen molar-refractivity contribution in [1.29, 1.82) is 0 Å². The Balaban J connectivity index is 1.79. The molecule has 8 heteroatoms. The van der Waals surface area contributed by atoms with Gasteiger partial charge in [0.1, 0.15) is 0 Å². The Morgan fingerprint density at radius 3 is 2.88 bits per heavy atom. The molecule has 0 fully saturated rings. The number of methoxy groups -OCH3 is 1. The summed E-state index contributed by atoms with van der Waals surface area (Å²) < 4.78 is 43.2. The highest BCUT2D eigenvalue weighted by Crippen LogP contribution is 2.39. The number of ether oxygens (including phenoxy) is 1. The first-order chi connectivity index (χ1) is 12.6. The number of aromatic nitrogens is 1. The summed E-state index contributed by atoms with van der Waals surface area (Å²) in [5.41, 5.74) is 4.02. The summed E-state index contributed by atoms with van der Waals surface area (Å²) in [5, 5.41) is 0.696. The fraction of sp³-hybridized carbons (Fsp3) is 0.167. The zero-order chi connectivity index (χ0) is 18.3. The Bertz CT molecular complexity index is 1030. The molecule has 0 aliphatic carbocycles. The van der Waals surface area contributed by atoms with Crippen LogP contribution in [0.5, 0.6) is 5.75 Å². The van der Waals surface area contributed by atoms with E-state index in [-0.39, 0.29) is 5.75 Å². The van der Waals surface area contributed by atoms with Crippen molar-refractivity contribution in [3.05, 3.63) is 54.0 Å². The zero-order valence-electron chi connectivity index (χ0n) is 13.9. The number of pyridine rings is 1. The van der Waals surface area contributed by atoms with Gasteiger partial charge in [-0.25, -0.2) is 4.39 Å². The molecular formula is C18H15FN3O3S-. The lowest BCUT2D eigenvalue weighted by Crippen LogP contribution is -2.14. The Labute approximate surface area is 152 Å². The van der Waals surface area contributed by atoms with Crippen molar-refractivity contribution < 1.29 is 17.9 Å². The van der Waals surface area contributed by atoms with Crippen molar-refractivity contribution in [1.82, 2.24) is 4.98 Å². The molecule has 0 bridgehead atoms. The molecule has 1 aromatic heterocycles. The number of rotatable bonds is 4. The second kappa shape index (κ2) is 6.54. The highest BCUT2D eigenvalue weighted by molar-refractivity contribution is 7.80. The molecule has 134 valence electrons. The van der Waals surface area contributed by atoms with Gasteiger partial charge in [-0.3, -0.25) is 9.19 Å². The van der Waals surface area contributed by atoms with Crippen molar-refractivity contribution in [3.8, 4) is 5.75 Å². The second-order valence-corrected chi connectivity index (χ2v) is 6.59. The van der Waals surface area contributed by atoms with E-state index in [0.717, 1.165) is 23.4 Å². The first-order valence-corrected chi connectivity index (χ1v) is 9.03. The van der Waals surface area contributed by atoms with E-state index in [4.69, 9.17) is 4.74 Å². The molecule has 1 aliphatic heterocycles. The Morgan fingerprint density at radius 1 is 1.27 bits per heavy atom. The van der Waals surface area contributed by atoms with Crippen LogP contribution in [-0.4, -0.2) is 27.4 Å². The predicted molar refractivity (Wildman–Crippen MR) is 97.9 cm³/mol. The first kappa shape index (κ1) is 16.7. The quantitative estimate of drug-likeness (QED) is 0.711. The van der Waals surface area contributed by atoms with E-state index in [1.807, 2.05) is 18.2 Å². The van der Waals surface area contributed by atoms with Crippen LogP contribution in [0, 0.1) is 5.82 Å². The molecule has 26 heavy (non-hydrogen) atoms. The molecular weight excluding hydrogens is 357 g/mol. The van der Waals surface area contributed by atoms with Crippen LogP contribution < -0.4 is 14.4 Å². The topological polar surface area (TPSA) is 77.5 Å². The van der Waals surface area contributed by atoms with Crippen molar-refractivity contribution in [2.45, 2.75) is 6.42 Å². The van der Waals surface area contributed by atoms with Crippen LogP contribution in [0.15, 0.2) is 42.6 Å². The van der Waals surface area contributed by atoms with Gasteiger partial charge in [-0.05, 0) is 42.3 Å². The third kappa shape index (κ3) is 2.87. The van der Waals surface area contributed by atoms with Crippen LogP contribution in [0.1, 0.15) is 5.56 Å². The van der Waals surface area contributed by atoms with E-state index in [2.05, 4.69) is 14.6 Å². The van der Waals surface area contributed by atoms with Crippen LogP contribution in [0.3, 0.4) is 0 Å². The number of halogens is 1. The number of fused-ring (bicyclic) bond motifs is 2. The summed E-state index contributed by atoms with van der Waals surface area (Å²) in [7, 11) is 1.42. The van der Waals surface area contributed by atoms with E-state index in [1.165, 1.54) is 13.2 Å². The summed E-state index contributed by atoms with van der Waals surface area (Å²) in [6.45, 7) is 0.714. The Hall–Kier alpha value is -2.71. The van der Waals surface area contributed by atoms with Crippen molar-refractivity contribution in [3.63, 3.8) is 0 Å². The van der Waals surface area contributed by atoms with Gasteiger partial charge in [0.2, 0.25) is 0 Å². The van der Waals surface area contributed by atoms with Crippen LogP contribution in [0.4, 0.5) is 21.5 Å². The van der Waals surface area contributed by atoms with Gasteiger partial charge in [0.05, 0.1) is 18.3 Å². The SMILES string of the molecule is COc1cc2nccc(N3CCc4cc(NS(=O)[O-])ccc43)c2cc1F. The summed E-state index contributed by atoms with van der Waals surface area (Å²) in [6, 6.07) is 10.3. The first-order valence-electron chi connectivity index (χ1n) is 7.95. The summed E-state index contributed by atoms with van der Waals surface area (Å²) >= 11 is -2.36. The monoisotopic (exact) mass is 372 g/mol. The van der Waals surface area contributed by atoms with Gasteiger partial charge < -0.3 is 18.9 Å². The highest BCUT2D eigenvalue weighted by atomic mass is 32.2. The Kier molecular flexibility index (Phi) is 4.21. The fourth-order valence-electron chi connectivity index (χ4n) is 3.34. The normalized spacial score (nSPS) is 14.3. The Morgan fingerprint density at radius 2 is 2.12 bits per heavy atom. The molecule has 2 heterocycles. The lowest BCUT2D eigenvalue weighted by molar-refractivity contribution is 0.387. The number of anilines is 3. The third-order valence-electron chi connectivity index (χ3n) is 4.46. The number of hydrogen-bond acceptors (Lipinski definition) is 5. The van der Waals surface area contributed by atoms with E-state index in [0.29, 0.717) is 23.1 Å². The van der Waals surface area contributed by atoms with Crippen molar-refractivity contribution >= 4 is 39.2 Å². The highest BCUT2D eigenvalue weighted by Gasteiger charge is 2.23. The van der Waals surface area contributed by atoms with E-state index in [9.17, 15) is 13.2 Å². The second-order valence-electron chi connectivity index (χ2n) is 5.92. The van der Waals surface area contributed by atoms with Crippen LogP contribution in [0.2, 0.25) is 0 Å². The molecule has 1 N–H and O–H groups in total. The molecule has 1 aliphatic rings. The molecule has 1 atom stereocenters. The number of benzene rings is 2. The van der Waals surface area contributed by atoms with Gasteiger partial charge in [-0.1, -0.05) is 0 Å². The van der Waals surface area contributed by atoms with Crippen molar-refractivity contribution in [2.75, 3.05) is 23.3 Å². The smallest absolute Gasteiger partial charge is 0.165 e. The standard InChI is InChI=1S/C18H16FN3O3S/c1-25-18-10-15-13(9-14(18)19)17(4-6-20-15)22-7-5-11-8-12(21-26(23)24)2-3-16(11)22/h2-4,6,8-10,21H,5,7H2,1H3,(H,23,24)/p-1. The molecule has 0 saturated heterocycles. The van der Waals surface area contributed by atoms with Gasteiger partial charge in [-0.2, -0.15) is 0 Å². The average Bonchev–Trinajstić information content (AvgIpc) is 3.03. The van der Waals surface area contributed by atoms with Crippen LogP contribution in [0.25, 0.3) is 10.9 Å². The van der Waals surface area contributed by atoms with E-state index >= 15 is 0 Å². The maximum atomic E-state index is 14.2. The lowest BCUT2D eigenvalue weighted by Gasteiger charge is -2.22. The molecule has 1 unspecified atom stereocenters. The van der Waals surface area contributed by atoms with Gasteiger partial charge in [0.15, 0.2) is 11.6 Å². The molecule has 0 saturated carbocycles. The van der Waals surface area contributed by atoms with Gasteiger partial charge >= 0.3 is 0 Å². The molecule has 4 rings (SSSR count). The third-order valence-corrected chi connectivity index (χ3v) is 4.86. The summed E-state index contributed by atoms with van der Waals surface area (Å²) in [6.07, 6.45) is 2.45. The molecule has 0 radical (unpaired) electrons.